The summed E-state index contributed by atoms with van der Waals surface area (Å²) < 4.78 is 77.7. The highest BCUT2D eigenvalue weighted by Gasteiger charge is 2.59. The SMILES string of the molecule is CNCc1cc(OC(C(F)(F)F)C(F)(F)F)ccn1. The average Bonchev–Trinajstić information content (AvgIpc) is 2.24. The zero-order valence-corrected chi connectivity index (χ0v) is 9.64. The minimum Gasteiger partial charge on any atom is -0.471 e. The largest absolute Gasteiger partial charge is 0.471 e. The number of nitrogens with one attached hydrogen (secondary N) is 1. The Morgan fingerprint density at radius 1 is 1.21 bits per heavy atom. The Kier molecular flexibility index (Phi) is 4.61. The van der Waals surface area contributed by atoms with Crippen LogP contribution in [0.5, 0.6) is 5.75 Å². The molecule has 3 nitrogen and oxygen atoms in total. The highest BCUT2D eigenvalue weighted by atomic mass is 19.4. The quantitative estimate of drug-likeness (QED) is 0.865. The highest BCUT2D eigenvalue weighted by Crippen LogP contribution is 2.36. The van der Waals surface area contributed by atoms with E-state index in [2.05, 4.69) is 15.0 Å². The molecule has 0 spiro atoms. The maximum atomic E-state index is 12.3. The first-order chi connectivity index (χ1) is 8.64. The van der Waals surface area contributed by atoms with E-state index in [9.17, 15) is 26.3 Å². The van der Waals surface area contributed by atoms with Gasteiger partial charge in [-0.15, -0.1) is 0 Å². The molecule has 0 saturated heterocycles. The Morgan fingerprint density at radius 2 is 1.79 bits per heavy atom. The van der Waals surface area contributed by atoms with Gasteiger partial charge in [-0.3, -0.25) is 4.98 Å². The molecule has 0 aliphatic rings. The molecule has 1 aromatic rings. The molecule has 0 aliphatic carbocycles. The summed E-state index contributed by atoms with van der Waals surface area (Å²) in [5.74, 6) is -0.542. The molecule has 1 heterocycles. The molecule has 9 heteroatoms. The standard InChI is InChI=1S/C10H10F6N2O/c1-17-5-6-4-7(2-3-18-6)19-8(9(11,12)13)10(14,15)16/h2-4,8,17H,5H2,1H3. The lowest BCUT2D eigenvalue weighted by Gasteiger charge is -2.23. The molecule has 0 saturated carbocycles. The molecule has 0 atom stereocenters. The molecular weight excluding hydrogens is 278 g/mol. The first kappa shape index (κ1) is 15.5. The molecule has 1 N–H and O–H groups in total. The number of halogens is 6. The lowest BCUT2D eigenvalue weighted by Crippen LogP contribution is -2.46. The number of hydrogen-bond donors (Lipinski definition) is 1. The van der Waals surface area contributed by atoms with Crippen molar-refractivity contribution in [2.45, 2.75) is 25.0 Å². The van der Waals surface area contributed by atoms with E-state index in [1.165, 1.54) is 0 Å². The van der Waals surface area contributed by atoms with Crippen molar-refractivity contribution >= 4 is 0 Å². The Bertz CT molecular complexity index is 403. The van der Waals surface area contributed by atoms with Gasteiger partial charge in [0.15, 0.2) is 0 Å². The maximum Gasteiger partial charge on any atom is 0.434 e. The van der Waals surface area contributed by atoms with Crippen molar-refractivity contribution in [1.82, 2.24) is 10.3 Å². The number of hydrogen-bond acceptors (Lipinski definition) is 3. The van der Waals surface area contributed by atoms with E-state index in [-0.39, 0.29) is 12.2 Å². The molecule has 0 fully saturated rings. The summed E-state index contributed by atoms with van der Waals surface area (Å²) in [4.78, 5) is 3.76. The van der Waals surface area contributed by atoms with Gasteiger partial charge in [-0.2, -0.15) is 26.3 Å². The van der Waals surface area contributed by atoms with Gasteiger partial charge in [0, 0.05) is 18.8 Å². The van der Waals surface area contributed by atoms with Gasteiger partial charge in [0.2, 0.25) is 0 Å². The number of alkyl halides is 6. The monoisotopic (exact) mass is 288 g/mol. The number of pyridine rings is 1. The first-order valence-corrected chi connectivity index (χ1v) is 5.04. The molecule has 0 amide bonds. The zero-order chi connectivity index (χ0) is 14.7. The summed E-state index contributed by atoms with van der Waals surface area (Å²) in [7, 11) is 1.56. The molecule has 0 unspecified atom stereocenters. The van der Waals surface area contributed by atoms with Crippen LogP contribution < -0.4 is 10.1 Å². The minimum absolute atomic E-state index is 0.194. The van der Waals surface area contributed by atoms with Gasteiger partial charge >= 0.3 is 12.4 Å². The van der Waals surface area contributed by atoms with E-state index >= 15 is 0 Å². The minimum atomic E-state index is -5.54. The van der Waals surface area contributed by atoms with Crippen LogP contribution in [0.2, 0.25) is 0 Å². The van der Waals surface area contributed by atoms with Crippen molar-refractivity contribution in [1.29, 1.82) is 0 Å². The summed E-state index contributed by atoms with van der Waals surface area (Å²) in [6, 6.07) is 1.95. The number of ether oxygens (including phenoxy) is 1. The predicted octanol–water partition coefficient (Wildman–Crippen LogP) is 2.67. The summed E-state index contributed by atoms with van der Waals surface area (Å²) in [5.41, 5.74) is 0.267. The van der Waals surface area contributed by atoms with E-state index in [0.29, 0.717) is 0 Å². The Labute approximate surface area is 104 Å². The van der Waals surface area contributed by atoms with Crippen molar-refractivity contribution in [3.63, 3.8) is 0 Å². The van der Waals surface area contributed by atoms with E-state index in [1.807, 2.05) is 0 Å². The van der Waals surface area contributed by atoms with Crippen molar-refractivity contribution in [3.8, 4) is 5.75 Å². The number of rotatable bonds is 4. The summed E-state index contributed by atoms with van der Waals surface area (Å²) in [5, 5.41) is 2.66. The normalized spacial score (nSPS) is 12.8. The Hall–Kier alpha value is -1.51. The van der Waals surface area contributed by atoms with Crippen molar-refractivity contribution in [3.05, 3.63) is 24.0 Å². The van der Waals surface area contributed by atoms with Gasteiger partial charge < -0.3 is 10.1 Å². The number of nitrogens with zero attached hydrogens (tertiary/aromatic N) is 1. The fourth-order valence-corrected chi connectivity index (χ4v) is 1.26. The second kappa shape index (κ2) is 5.64. The highest BCUT2D eigenvalue weighted by molar-refractivity contribution is 5.23. The summed E-state index contributed by atoms with van der Waals surface area (Å²) in [6.07, 6.45) is -13.9. The van der Waals surface area contributed by atoms with Crippen LogP contribution in [-0.4, -0.2) is 30.5 Å². The fraction of sp³-hybridized carbons (Fsp3) is 0.500. The second-order valence-electron chi connectivity index (χ2n) is 3.59. The van der Waals surface area contributed by atoms with E-state index < -0.39 is 24.2 Å². The molecule has 19 heavy (non-hydrogen) atoms. The van der Waals surface area contributed by atoms with Crippen LogP contribution in [0.3, 0.4) is 0 Å². The van der Waals surface area contributed by atoms with Crippen molar-refractivity contribution in [2.75, 3.05) is 7.05 Å². The second-order valence-corrected chi connectivity index (χ2v) is 3.59. The van der Waals surface area contributed by atoms with Crippen molar-refractivity contribution in [2.24, 2.45) is 0 Å². The fourth-order valence-electron chi connectivity index (χ4n) is 1.26. The Balaban J connectivity index is 2.94. The average molecular weight is 288 g/mol. The number of aromatic nitrogens is 1. The summed E-state index contributed by atoms with van der Waals surface area (Å²) >= 11 is 0. The van der Waals surface area contributed by atoms with Gasteiger partial charge in [-0.05, 0) is 13.1 Å². The summed E-state index contributed by atoms with van der Waals surface area (Å²) in [6.45, 7) is 0.194. The van der Waals surface area contributed by atoms with E-state index in [0.717, 1.165) is 18.3 Å². The molecule has 0 bridgehead atoms. The van der Waals surface area contributed by atoms with Crippen LogP contribution in [0.4, 0.5) is 26.3 Å². The van der Waals surface area contributed by atoms with Crippen LogP contribution in [-0.2, 0) is 6.54 Å². The zero-order valence-electron chi connectivity index (χ0n) is 9.64. The first-order valence-electron chi connectivity index (χ1n) is 5.04. The van der Waals surface area contributed by atoms with Crippen LogP contribution in [0.15, 0.2) is 18.3 Å². The molecule has 108 valence electrons. The third-order valence-electron chi connectivity index (χ3n) is 1.99. The predicted molar refractivity (Wildman–Crippen MR) is 53.5 cm³/mol. The molecule has 0 aromatic carbocycles. The molecule has 0 aliphatic heterocycles. The maximum absolute atomic E-state index is 12.3. The van der Waals surface area contributed by atoms with Gasteiger partial charge in [-0.1, -0.05) is 0 Å². The third kappa shape index (κ3) is 4.58. The lowest BCUT2D eigenvalue weighted by atomic mass is 10.3. The van der Waals surface area contributed by atoms with Gasteiger partial charge in [0.1, 0.15) is 5.75 Å². The van der Waals surface area contributed by atoms with E-state index in [1.54, 1.807) is 7.05 Å². The van der Waals surface area contributed by atoms with Gasteiger partial charge in [0.25, 0.3) is 6.10 Å². The van der Waals surface area contributed by atoms with Crippen LogP contribution in [0, 0.1) is 0 Å². The van der Waals surface area contributed by atoms with Crippen LogP contribution in [0.1, 0.15) is 5.69 Å². The lowest BCUT2D eigenvalue weighted by molar-refractivity contribution is -0.299. The van der Waals surface area contributed by atoms with Crippen LogP contribution in [0.25, 0.3) is 0 Å². The topological polar surface area (TPSA) is 34.1 Å². The third-order valence-corrected chi connectivity index (χ3v) is 1.99. The van der Waals surface area contributed by atoms with Gasteiger partial charge in [0.05, 0.1) is 5.69 Å². The molecular formula is C10H10F6N2O. The van der Waals surface area contributed by atoms with Crippen molar-refractivity contribution < 1.29 is 31.1 Å². The molecule has 0 radical (unpaired) electrons. The smallest absolute Gasteiger partial charge is 0.434 e. The van der Waals surface area contributed by atoms with E-state index in [4.69, 9.17) is 0 Å². The Morgan fingerprint density at radius 3 is 2.26 bits per heavy atom. The molecule has 1 aromatic heterocycles. The van der Waals surface area contributed by atoms with Crippen LogP contribution >= 0.6 is 0 Å². The van der Waals surface area contributed by atoms with Gasteiger partial charge in [-0.25, -0.2) is 0 Å². The molecule has 1 rings (SSSR count).